The Balaban J connectivity index is 2.06. The molecule has 2 rings (SSSR count). The molecule has 0 unspecified atom stereocenters. The van der Waals surface area contributed by atoms with E-state index < -0.39 is 0 Å². The number of nitrogens with one attached hydrogen (secondary N) is 1. The Hall–Kier alpha value is -2.59. The summed E-state index contributed by atoms with van der Waals surface area (Å²) >= 11 is 6.01. The number of allylic oxidation sites excluding steroid dienone is 2. The van der Waals surface area contributed by atoms with Gasteiger partial charge in [-0.05, 0) is 49.4 Å². The maximum absolute atomic E-state index is 12.2. The zero-order valence-electron chi connectivity index (χ0n) is 12.9. The second-order valence-electron chi connectivity index (χ2n) is 4.64. The standard InChI is InChI=1S/C18H17ClN2O2/c1-3-14(12-20-2)23-15-10-8-13(9-11-15)21-18(22)16-6-4-5-7-17(16)19/h3-12H,1-2H3,(H,21,22)/b14-3+,20-12?. The summed E-state index contributed by atoms with van der Waals surface area (Å²) in [4.78, 5) is 16.1. The smallest absolute Gasteiger partial charge is 0.257 e. The first-order chi connectivity index (χ1) is 11.1. The van der Waals surface area contributed by atoms with Crippen LogP contribution in [0.1, 0.15) is 17.3 Å². The number of halogens is 1. The molecule has 0 bridgehead atoms. The van der Waals surface area contributed by atoms with E-state index in [9.17, 15) is 4.79 Å². The number of aliphatic imine (C=N–C) groups is 1. The van der Waals surface area contributed by atoms with Crippen LogP contribution in [0.2, 0.25) is 5.02 Å². The van der Waals surface area contributed by atoms with Gasteiger partial charge in [-0.25, -0.2) is 0 Å². The SMILES string of the molecule is C/C=C(\C=NC)Oc1ccc(NC(=O)c2ccccc2Cl)cc1. The molecule has 0 fully saturated rings. The predicted molar refractivity (Wildman–Crippen MR) is 94.6 cm³/mol. The van der Waals surface area contributed by atoms with Crippen molar-refractivity contribution in [2.24, 2.45) is 4.99 Å². The fourth-order valence-electron chi connectivity index (χ4n) is 1.87. The van der Waals surface area contributed by atoms with Crippen LogP contribution in [0.4, 0.5) is 5.69 Å². The maximum Gasteiger partial charge on any atom is 0.257 e. The van der Waals surface area contributed by atoms with E-state index in [4.69, 9.17) is 16.3 Å². The average Bonchev–Trinajstić information content (AvgIpc) is 2.56. The number of hydrogen-bond donors (Lipinski definition) is 1. The summed E-state index contributed by atoms with van der Waals surface area (Å²) in [5, 5.41) is 3.22. The summed E-state index contributed by atoms with van der Waals surface area (Å²) in [5.74, 6) is 1.06. The summed E-state index contributed by atoms with van der Waals surface area (Å²) < 4.78 is 5.65. The highest BCUT2D eigenvalue weighted by atomic mass is 35.5. The minimum Gasteiger partial charge on any atom is -0.456 e. The van der Waals surface area contributed by atoms with Gasteiger partial charge in [-0.1, -0.05) is 23.7 Å². The van der Waals surface area contributed by atoms with Gasteiger partial charge in [0.15, 0.2) is 0 Å². The van der Waals surface area contributed by atoms with Crippen molar-refractivity contribution in [3.8, 4) is 5.75 Å². The largest absolute Gasteiger partial charge is 0.456 e. The van der Waals surface area contributed by atoms with E-state index >= 15 is 0 Å². The number of anilines is 1. The molecular formula is C18H17ClN2O2. The van der Waals surface area contributed by atoms with Gasteiger partial charge in [-0.3, -0.25) is 9.79 Å². The lowest BCUT2D eigenvalue weighted by atomic mass is 10.2. The van der Waals surface area contributed by atoms with Crippen LogP contribution in [0.5, 0.6) is 5.75 Å². The van der Waals surface area contributed by atoms with E-state index in [2.05, 4.69) is 10.3 Å². The van der Waals surface area contributed by atoms with Crippen molar-refractivity contribution in [1.29, 1.82) is 0 Å². The molecule has 0 aromatic heterocycles. The van der Waals surface area contributed by atoms with Gasteiger partial charge in [0.1, 0.15) is 11.5 Å². The highest BCUT2D eigenvalue weighted by molar-refractivity contribution is 6.34. The number of hydrogen-bond acceptors (Lipinski definition) is 3. The highest BCUT2D eigenvalue weighted by Crippen LogP contribution is 2.20. The Morgan fingerprint density at radius 3 is 2.48 bits per heavy atom. The molecule has 0 saturated carbocycles. The fourth-order valence-corrected chi connectivity index (χ4v) is 2.09. The maximum atomic E-state index is 12.2. The molecule has 0 heterocycles. The lowest BCUT2D eigenvalue weighted by Gasteiger charge is -2.09. The summed E-state index contributed by atoms with van der Waals surface area (Å²) in [5.41, 5.74) is 1.10. The minimum atomic E-state index is -0.253. The normalized spacial score (nSPS) is 11.5. The van der Waals surface area contributed by atoms with Crippen molar-refractivity contribution in [3.63, 3.8) is 0 Å². The van der Waals surface area contributed by atoms with Crippen LogP contribution >= 0.6 is 11.6 Å². The molecule has 0 aliphatic rings. The first kappa shape index (κ1) is 16.8. The molecule has 0 aliphatic heterocycles. The molecule has 118 valence electrons. The van der Waals surface area contributed by atoms with E-state index in [1.165, 1.54) is 0 Å². The van der Waals surface area contributed by atoms with E-state index in [0.717, 1.165) is 0 Å². The van der Waals surface area contributed by atoms with E-state index in [1.807, 2.05) is 13.0 Å². The fraction of sp³-hybridized carbons (Fsp3) is 0.111. The first-order valence-corrected chi connectivity index (χ1v) is 7.44. The second kappa shape index (κ2) is 8.15. The van der Waals surface area contributed by atoms with Crippen LogP contribution in [0.15, 0.2) is 65.4 Å². The lowest BCUT2D eigenvalue weighted by Crippen LogP contribution is -2.12. The number of nitrogens with zero attached hydrogens (tertiary/aromatic N) is 1. The summed E-state index contributed by atoms with van der Waals surface area (Å²) in [6, 6.07) is 14.0. The molecule has 4 nitrogen and oxygen atoms in total. The van der Waals surface area contributed by atoms with Gasteiger partial charge in [-0.2, -0.15) is 0 Å². The second-order valence-corrected chi connectivity index (χ2v) is 5.05. The van der Waals surface area contributed by atoms with Gasteiger partial charge >= 0.3 is 0 Å². The van der Waals surface area contributed by atoms with Crippen molar-refractivity contribution in [1.82, 2.24) is 0 Å². The van der Waals surface area contributed by atoms with Crippen LogP contribution in [-0.2, 0) is 0 Å². The Kier molecular flexibility index (Phi) is 5.94. The Morgan fingerprint density at radius 2 is 1.87 bits per heavy atom. The zero-order valence-corrected chi connectivity index (χ0v) is 13.7. The number of rotatable bonds is 5. The summed E-state index contributed by atoms with van der Waals surface area (Å²) in [6.07, 6.45) is 3.45. The predicted octanol–water partition coefficient (Wildman–Crippen LogP) is 4.58. The molecular weight excluding hydrogens is 312 g/mol. The monoisotopic (exact) mass is 328 g/mol. The van der Waals surface area contributed by atoms with Crippen LogP contribution in [0.3, 0.4) is 0 Å². The van der Waals surface area contributed by atoms with Crippen LogP contribution in [-0.4, -0.2) is 19.2 Å². The van der Waals surface area contributed by atoms with Gasteiger partial charge in [0.2, 0.25) is 0 Å². The van der Waals surface area contributed by atoms with Crippen LogP contribution in [0, 0.1) is 0 Å². The number of ether oxygens (including phenoxy) is 1. The number of carbonyl (C=O) groups is 1. The minimum absolute atomic E-state index is 0.253. The molecule has 23 heavy (non-hydrogen) atoms. The van der Waals surface area contributed by atoms with Gasteiger partial charge in [0, 0.05) is 12.7 Å². The van der Waals surface area contributed by atoms with Crippen molar-refractivity contribution in [2.45, 2.75) is 6.92 Å². The van der Waals surface area contributed by atoms with Crippen LogP contribution in [0.25, 0.3) is 0 Å². The summed E-state index contributed by atoms with van der Waals surface area (Å²) in [6.45, 7) is 1.87. The van der Waals surface area contributed by atoms with E-state index in [1.54, 1.807) is 61.8 Å². The van der Waals surface area contributed by atoms with Crippen LogP contribution < -0.4 is 10.1 Å². The number of carbonyl (C=O) groups excluding carboxylic acids is 1. The first-order valence-electron chi connectivity index (χ1n) is 7.06. The topological polar surface area (TPSA) is 50.7 Å². The average molecular weight is 329 g/mol. The molecule has 0 aliphatic carbocycles. The molecule has 1 N–H and O–H groups in total. The lowest BCUT2D eigenvalue weighted by molar-refractivity contribution is 0.102. The molecule has 0 saturated heterocycles. The van der Waals surface area contributed by atoms with Crippen molar-refractivity contribution >= 4 is 29.4 Å². The third-order valence-corrected chi connectivity index (χ3v) is 3.34. The van der Waals surface area contributed by atoms with Gasteiger partial charge in [-0.15, -0.1) is 0 Å². The molecule has 0 radical (unpaired) electrons. The third kappa shape index (κ3) is 4.69. The van der Waals surface area contributed by atoms with E-state index in [0.29, 0.717) is 27.8 Å². The van der Waals surface area contributed by atoms with E-state index in [-0.39, 0.29) is 5.91 Å². The van der Waals surface area contributed by atoms with Crippen molar-refractivity contribution in [2.75, 3.05) is 12.4 Å². The quantitative estimate of drug-likeness (QED) is 0.645. The van der Waals surface area contributed by atoms with Gasteiger partial charge in [0.25, 0.3) is 5.91 Å². The summed E-state index contributed by atoms with van der Waals surface area (Å²) in [7, 11) is 1.68. The Bertz CT molecular complexity index is 737. The third-order valence-electron chi connectivity index (χ3n) is 3.01. The van der Waals surface area contributed by atoms with Gasteiger partial charge in [0.05, 0.1) is 16.8 Å². The number of benzene rings is 2. The molecule has 5 heteroatoms. The zero-order chi connectivity index (χ0) is 16.7. The molecule has 2 aromatic carbocycles. The highest BCUT2D eigenvalue weighted by Gasteiger charge is 2.09. The Morgan fingerprint density at radius 1 is 1.17 bits per heavy atom. The number of amides is 1. The van der Waals surface area contributed by atoms with Gasteiger partial charge < -0.3 is 10.1 Å². The molecule has 1 amide bonds. The molecule has 0 spiro atoms. The van der Waals surface area contributed by atoms with Crippen molar-refractivity contribution in [3.05, 3.63) is 71.0 Å². The molecule has 2 aromatic rings. The Labute approximate surface area is 140 Å². The molecule has 0 atom stereocenters. The van der Waals surface area contributed by atoms with Crippen molar-refractivity contribution < 1.29 is 9.53 Å².